The molecule has 0 spiro atoms. The molecular weight excluding hydrogens is 192 g/mol. The molecule has 1 aliphatic rings. The third-order valence-electron chi connectivity index (χ3n) is 2.79. The van der Waals surface area contributed by atoms with Gasteiger partial charge in [-0.3, -0.25) is 0 Å². The van der Waals surface area contributed by atoms with E-state index in [1.165, 1.54) is 15.6 Å². The number of hydrogen-bond acceptors (Lipinski definition) is 2. The highest BCUT2D eigenvalue weighted by atomic mass is 32.1. The largest absolute Gasteiger partial charge is 0.362 e. The lowest BCUT2D eigenvalue weighted by Gasteiger charge is -1.95. The van der Waals surface area contributed by atoms with E-state index in [0.717, 1.165) is 0 Å². The Morgan fingerprint density at radius 3 is 2.71 bits per heavy atom. The number of fused-ring (bicyclic) bond motifs is 1. The molecule has 1 fully saturated rings. The Kier molecular flexibility index (Phi) is 1.56. The number of epoxide rings is 1. The van der Waals surface area contributed by atoms with E-state index in [9.17, 15) is 0 Å². The van der Waals surface area contributed by atoms with Gasteiger partial charge in [0.1, 0.15) is 6.10 Å². The summed E-state index contributed by atoms with van der Waals surface area (Å²) in [6.45, 7) is 4.29. The maximum Gasteiger partial charge on any atom is 0.113 e. The lowest BCUT2D eigenvalue weighted by Crippen LogP contribution is -1.96. The van der Waals surface area contributed by atoms with Crippen molar-refractivity contribution >= 4 is 21.4 Å². The average Bonchev–Trinajstić information content (AvgIpc) is 2.63. The van der Waals surface area contributed by atoms with Crippen molar-refractivity contribution in [3.05, 3.63) is 35.2 Å². The molecule has 1 saturated heterocycles. The summed E-state index contributed by atoms with van der Waals surface area (Å²) in [5, 5.41) is 3.58. The van der Waals surface area contributed by atoms with E-state index < -0.39 is 0 Å². The number of thiophene rings is 1. The van der Waals surface area contributed by atoms with Gasteiger partial charge >= 0.3 is 0 Å². The van der Waals surface area contributed by atoms with Crippen LogP contribution >= 0.6 is 11.3 Å². The minimum absolute atomic E-state index is 0.0455. The van der Waals surface area contributed by atoms with Gasteiger partial charge in [0.05, 0.1) is 5.60 Å². The van der Waals surface area contributed by atoms with Crippen LogP contribution in [0.5, 0.6) is 0 Å². The minimum atomic E-state index is 0.0455. The van der Waals surface area contributed by atoms with Crippen LogP contribution in [0.2, 0.25) is 0 Å². The zero-order valence-electron chi connectivity index (χ0n) is 8.28. The third kappa shape index (κ3) is 1.11. The van der Waals surface area contributed by atoms with Crippen molar-refractivity contribution < 1.29 is 4.74 Å². The van der Waals surface area contributed by atoms with E-state index in [2.05, 4.69) is 43.5 Å². The SMILES string of the molecule is CC1(C)OC1c1csc2ccccc12. The molecule has 0 aliphatic carbocycles. The van der Waals surface area contributed by atoms with Crippen LogP contribution < -0.4 is 0 Å². The van der Waals surface area contributed by atoms with Gasteiger partial charge in [-0.25, -0.2) is 0 Å². The highest BCUT2D eigenvalue weighted by Crippen LogP contribution is 2.51. The maximum absolute atomic E-state index is 5.66. The number of ether oxygens (including phenoxy) is 1. The fraction of sp³-hybridized carbons (Fsp3) is 0.333. The molecule has 0 N–H and O–H groups in total. The van der Waals surface area contributed by atoms with Gasteiger partial charge in [0.25, 0.3) is 0 Å². The fourth-order valence-corrected chi connectivity index (χ4v) is 2.88. The first-order valence-electron chi connectivity index (χ1n) is 4.82. The van der Waals surface area contributed by atoms with E-state index in [1.807, 2.05) is 0 Å². The molecule has 2 heterocycles. The predicted molar refractivity (Wildman–Crippen MR) is 59.7 cm³/mol. The number of hydrogen-bond donors (Lipinski definition) is 0. The summed E-state index contributed by atoms with van der Waals surface area (Å²) >= 11 is 1.80. The van der Waals surface area contributed by atoms with E-state index in [4.69, 9.17) is 4.74 Å². The van der Waals surface area contributed by atoms with Crippen molar-refractivity contribution in [1.82, 2.24) is 0 Å². The van der Waals surface area contributed by atoms with Crippen LogP contribution in [-0.2, 0) is 4.74 Å². The van der Waals surface area contributed by atoms with E-state index in [0.29, 0.717) is 6.10 Å². The Labute approximate surface area is 87.3 Å². The molecule has 1 unspecified atom stereocenters. The molecule has 0 bridgehead atoms. The molecule has 1 atom stereocenters. The zero-order chi connectivity index (χ0) is 9.76. The Bertz CT molecular complexity index is 484. The topological polar surface area (TPSA) is 12.5 Å². The van der Waals surface area contributed by atoms with Gasteiger partial charge in [0, 0.05) is 10.3 Å². The Hall–Kier alpha value is -0.860. The molecule has 1 aromatic carbocycles. The van der Waals surface area contributed by atoms with Crippen LogP contribution in [0, 0.1) is 0 Å². The van der Waals surface area contributed by atoms with Gasteiger partial charge in [-0.1, -0.05) is 18.2 Å². The average molecular weight is 204 g/mol. The number of benzene rings is 1. The molecule has 0 radical (unpaired) electrons. The first kappa shape index (κ1) is 8.45. The smallest absolute Gasteiger partial charge is 0.113 e. The molecule has 72 valence electrons. The van der Waals surface area contributed by atoms with Crippen LogP contribution in [-0.4, -0.2) is 5.60 Å². The quantitative estimate of drug-likeness (QED) is 0.644. The highest BCUT2D eigenvalue weighted by Gasteiger charge is 2.49. The number of rotatable bonds is 1. The van der Waals surface area contributed by atoms with Crippen molar-refractivity contribution in [2.75, 3.05) is 0 Å². The summed E-state index contributed by atoms with van der Waals surface area (Å²) in [7, 11) is 0. The Morgan fingerprint density at radius 2 is 2.00 bits per heavy atom. The molecular formula is C12H12OS. The van der Waals surface area contributed by atoms with Crippen LogP contribution in [0.15, 0.2) is 29.6 Å². The van der Waals surface area contributed by atoms with Crippen LogP contribution in [0.1, 0.15) is 25.5 Å². The summed E-state index contributed by atoms with van der Waals surface area (Å²) in [6.07, 6.45) is 0.304. The summed E-state index contributed by atoms with van der Waals surface area (Å²) in [6, 6.07) is 8.52. The maximum atomic E-state index is 5.66. The summed E-state index contributed by atoms with van der Waals surface area (Å²) in [5.41, 5.74) is 1.40. The van der Waals surface area contributed by atoms with E-state index in [-0.39, 0.29) is 5.60 Å². The van der Waals surface area contributed by atoms with Gasteiger partial charge in [0.15, 0.2) is 0 Å². The van der Waals surface area contributed by atoms with Gasteiger partial charge in [-0.15, -0.1) is 11.3 Å². The second kappa shape index (κ2) is 2.59. The summed E-state index contributed by atoms with van der Waals surface area (Å²) in [4.78, 5) is 0. The molecule has 14 heavy (non-hydrogen) atoms. The molecule has 2 aromatic rings. The van der Waals surface area contributed by atoms with E-state index >= 15 is 0 Å². The second-order valence-corrected chi connectivity index (χ2v) is 5.20. The molecule has 1 aromatic heterocycles. The Balaban J connectivity index is 2.15. The summed E-state index contributed by atoms with van der Waals surface area (Å²) < 4.78 is 7.02. The molecule has 3 rings (SSSR count). The van der Waals surface area contributed by atoms with Gasteiger partial charge in [0.2, 0.25) is 0 Å². The van der Waals surface area contributed by atoms with Crippen molar-refractivity contribution in [2.45, 2.75) is 25.6 Å². The highest BCUT2D eigenvalue weighted by molar-refractivity contribution is 7.17. The van der Waals surface area contributed by atoms with Crippen molar-refractivity contribution in [1.29, 1.82) is 0 Å². The molecule has 1 nitrogen and oxygen atoms in total. The van der Waals surface area contributed by atoms with Crippen molar-refractivity contribution in [3.63, 3.8) is 0 Å². The third-order valence-corrected chi connectivity index (χ3v) is 3.77. The van der Waals surface area contributed by atoms with Gasteiger partial charge in [-0.05, 0) is 30.7 Å². The van der Waals surface area contributed by atoms with Crippen molar-refractivity contribution in [2.24, 2.45) is 0 Å². The first-order valence-corrected chi connectivity index (χ1v) is 5.70. The fourth-order valence-electron chi connectivity index (χ4n) is 1.91. The minimum Gasteiger partial charge on any atom is -0.362 e. The summed E-state index contributed by atoms with van der Waals surface area (Å²) in [5.74, 6) is 0. The van der Waals surface area contributed by atoms with Crippen LogP contribution in [0.3, 0.4) is 0 Å². The van der Waals surface area contributed by atoms with Gasteiger partial charge in [-0.2, -0.15) is 0 Å². The monoisotopic (exact) mass is 204 g/mol. The second-order valence-electron chi connectivity index (χ2n) is 4.29. The van der Waals surface area contributed by atoms with Crippen LogP contribution in [0.4, 0.5) is 0 Å². The van der Waals surface area contributed by atoms with Crippen LogP contribution in [0.25, 0.3) is 10.1 Å². The molecule has 1 aliphatic heterocycles. The zero-order valence-corrected chi connectivity index (χ0v) is 9.10. The lowest BCUT2D eigenvalue weighted by atomic mass is 10.0. The normalized spacial score (nSPS) is 24.0. The lowest BCUT2D eigenvalue weighted by molar-refractivity contribution is 0.326. The molecule has 2 heteroatoms. The van der Waals surface area contributed by atoms with Gasteiger partial charge < -0.3 is 4.74 Å². The van der Waals surface area contributed by atoms with E-state index in [1.54, 1.807) is 11.3 Å². The Morgan fingerprint density at radius 1 is 1.29 bits per heavy atom. The predicted octanol–water partition coefficient (Wildman–Crippen LogP) is 3.75. The standard InChI is InChI=1S/C12H12OS/c1-12(2)11(13-12)9-7-14-10-6-4-3-5-8(9)10/h3-7,11H,1-2H3. The van der Waals surface area contributed by atoms with Crippen molar-refractivity contribution in [3.8, 4) is 0 Å². The first-order chi connectivity index (χ1) is 6.68. The molecule has 0 amide bonds. The molecule has 0 saturated carbocycles.